The fourth-order valence-electron chi connectivity index (χ4n) is 4.67. The van der Waals surface area contributed by atoms with E-state index in [1.165, 1.54) is 4.31 Å². The molecule has 1 aliphatic heterocycles. The number of aromatic nitrogens is 2. The van der Waals surface area contributed by atoms with Crippen LogP contribution in [0.25, 0.3) is 10.9 Å². The van der Waals surface area contributed by atoms with Gasteiger partial charge in [-0.15, -0.1) is 0 Å². The highest BCUT2D eigenvalue weighted by Gasteiger charge is 2.32. The molecule has 1 aliphatic rings. The summed E-state index contributed by atoms with van der Waals surface area (Å²) < 4.78 is 35.0. The molecule has 2 aromatic heterocycles. The monoisotopic (exact) mass is 522 g/mol. The molecule has 3 aromatic carbocycles. The number of benzene rings is 3. The molecule has 38 heavy (non-hydrogen) atoms. The van der Waals surface area contributed by atoms with Crippen LogP contribution in [0.2, 0.25) is 0 Å². The van der Waals surface area contributed by atoms with Gasteiger partial charge in [-0.05, 0) is 61.4 Å². The zero-order valence-corrected chi connectivity index (χ0v) is 21.7. The SMILES string of the molecule is Cc1ccc(Oc2ccccc2S(=O)(=O)N2CCc3c(ccnc3Nc3cnc4ccccc4c3)C2)cc1. The van der Waals surface area contributed by atoms with Crippen LogP contribution in [-0.2, 0) is 23.0 Å². The molecule has 0 aliphatic carbocycles. The molecule has 190 valence electrons. The summed E-state index contributed by atoms with van der Waals surface area (Å²) in [4.78, 5) is 9.22. The van der Waals surface area contributed by atoms with Crippen LogP contribution in [0.3, 0.4) is 0 Å². The maximum Gasteiger partial charge on any atom is 0.247 e. The Morgan fingerprint density at radius 3 is 2.58 bits per heavy atom. The zero-order chi connectivity index (χ0) is 26.1. The minimum atomic E-state index is -3.80. The van der Waals surface area contributed by atoms with Crippen molar-refractivity contribution in [3.63, 3.8) is 0 Å². The van der Waals surface area contributed by atoms with Crippen molar-refractivity contribution in [1.29, 1.82) is 0 Å². The van der Waals surface area contributed by atoms with Crippen molar-refractivity contribution >= 4 is 32.4 Å². The molecule has 7 nitrogen and oxygen atoms in total. The average molecular weight is 523 g/mol. The second kappa shape index (κ2) is 9.89. The summed E-state index contributed by atoms with van der Waals surface area (Å²) in [5.74, 6) is 1.62. The van der Waals surface area contributed by atoms with Crippen LogP contribution < -0.4 is 10.1 Å². The number of rotatable bonds is 6. The lowest BCUT2D eigenvalue weighted by Gasteiger charge is -2.29. The summed E-state index contributed by atoms with van der Waals surface area (Å²) in [5, 5.41) is 4.42. The number of aryl methyl sites for hydroxylation is 1. The van der Waals surface area contributed by atoms with Crippen LogP contribution in [-0.4, -0.2) is 29.2 Å². The molecule has 3 heterocycles. The molecular weight excluding hydrogens is 496 g/mol. The number of nitrogens with one attached hydrogen (secondary N) is 1. The Labute approximate surface area is 221 Å². The third-order valence-electron chi connectivity index (χ3n) is 6.68. The minimum absolute atomic E-state index is 0.152. The fourth-order valence-corrected chi connectivity index (χ4v) is 6.21. The topological polar surface area (TPSA) is 84.4 Å². The molecule has 0 bridgehead atoms. The number of para-hydroxylation sites is 2. The van der Waals surface area contributed by atoms with E-state index in [2.05, 4.69) is 15.3 Å². The van der Waals surface area contributed by atoms with Crippen LogP contribution in [0, 0.1) is 6.92 Å². The predicted molar refractivity (Wildman–Crippen MR) is 148 cm³/mol. The van der Waals surface area contributed by atoms with Gasteiger partial charge in [0.2, 0.25) is 10.0 Å². The van der Waals surface area contributed by atoms with Gasteiger partial charge in [0.15, 0.2) is 0 Å². The Morgan fingerprint density at radius 1 is 0.921 bits per heavy atom. The van der Waals surface area contributed by atoms with Gasteiger partial charge in [0.05, 0.1) is 17.4 Å². The summed E-state index contributed by atoms with van der Waals surface area (Å²) in [6, 6.07) is 26.2. The number of pyridine rings is 2. The molecule has 0 fully saturated rings. The average Bonchev–Trinajstić information content (AvgIpc) is 2.94. The number of hydrogen-bond donors (Lipinski definition) is 1. The molecule has 5 aromatic rings. The minimum Gasteiger partial charge on any atom is -0.456 e. The van der Waals surface area contributed by atoms with E-state index in [1.54, 1.807) is 36.7 Å². The van der Waals surface area contributed by atoms with E-state index < -0.39 is 10.0 Å². The molecule has 8 heteroatoms. The maximum absolute atomic E-state index is 13.8. The number of nitrogens with zero attached hydrogens (tertiary/aromatic N) is 3. The van der Waals surface area contributed by atoms with E-state index in [0.717, 1.165) is 39.1 Å². The highest BCUT2D eigenvalue weighted by atomic mass is 32.2. The van der Waals surface area contributed by atoms with Gasteiger partial charge in [-0.2, -0.15) is 4.31 Å². The van der Waals surface area contributed by atoms with Crippen molar-refractivity contribution in [3.8, 4) is 11.5 Å². The van der Waals surface area contributed by atoms with Crippen molar-refractivity contribution in [2.45, 2.75) is 24.8 Å². The summed E-state index contributed by atoms with van der Waals surface area (Å²) >= 11 is 0. The first-order valence-corrected chi connectivity index (χ1v) is 13.8. The van der Waals surface area contributed by atoms with Gasteiger partial charge >= 0.3 is 0 Å². The Kier molecular flexibility index (Phi) is 6.27. The number of hydrogen-bond acceptors (Lipinski definition) is 6. The van der Waals surface area contributed by atoms with Crippen molar-refractivity contribution in [1.82, 2.24) is 14.3 Å². The van der Waals surface area contributed by atoms with Gasteiger partial charge in [0.25, 0.3) is 0 Å². The van der Waals surface area contributed by atoms with Crippen molar-refractivity contribution in [2.24, 2.45) is 0 Å². The van der Waals surface area contributed by atoms with E-state index >= 15 is 0 Å². The highest BCUT2D eigenvalue weighted by Crippen LogP contribution is 2.34. The molecule has 0 amide bonds. The Hall–Kier alpha value is -4.27. The number of ether oxygens (including phenoxy) is 1. The second-order valence-electron chi connectivity index (χ2n) is 9.29. The van der Waals surface area contributed by atoms with Crippen LogP contribution in [0.1, 0.15) is 16.7 Å². The fraction of sp³-hybridized carbons (Fsp3) is 0.133. The molecular formula is C30H26N4O3S. The van der Waals surface area contributed by atoms with E-state index in [1.807, 2.05) is 67.6 Å². The normalized spacial score (nSPS) is 13.7. The molecule has 0 saturated carbocycles. The first-order valence-electron chi connectivity index (χ1n) is 12.4. The molecule has 0 unspecified atom stereocenters. The van der Waals surface area contributed by atoms with Gasteiger partial charge < -0.3 is 10.1 Å². The summed E-state index contributed by atoms with van der Waals surface area (Å²) in [6.07, 6.45) is 4.03. The molecule has 6 rings (SSSR count). The van der Waals surface area contributed by atoms with Crippen molar-refractivity contribution < 1.29 is 13.2 Å². The highest BCUT2D eigenvalue weighted by molar-refractivity contribution is 7.89. The van der Waals surface area contributed by atoms with Gasteiger partial charge in [0, 0.05) is 30.2 Å². The number of sulfonamides is 1. The lowest BCUT2D eigenvalue weighted by molar-refractivity contribution is 0.387. The van der Waals surface area contributed by atoms with Crippen LogP contribution in [0.15, 0.2) is 102 Å². The van der Waals surface area contributed by atoms with Gasteiger partial charge in [-0.1, -0.05) is 48.0 Å². The Bertz CT molecular complexity index is 1740. The zero-order valence-electron chi connectivity index (χ0n) is 20.8. The maximum atomic E-state index is 13.8. The number of anilines is 2. The Balaban J connectivity index is 1.26. The first-order chi connectivity index (χ1) is 18.5. The second-order valence-corrected chi connectivity index (χ2v) is 11.2. The van der Waals surface area contributed by atoms with Gasteiger partial charge in [0.1, 0.15) is 22.2 Å². The Morgan fingerprint density at radius 2 is 1.71 bits per heavy atom. The standard InChI is InChI=1S/C30H26N4O3S/c1-21-10-12-25(13-11-21)37-28-8-4-5-9-29(28)38(35,36)34-17-15-26-23(20-34)14-16-31-30(26)33-24-18-22-6-2-3-7-27(22)32-19-24/h2-14,16,18-19H,15,17,20H2,1H3,(H,31,33). The molecule has 0 saturated heterocycles. The van der Waals surface area contributed by atoms with Crippen LogP contribution in [0.5, 0.6) is 11.5 Å². The van der Waals surface area contributed by atoms with Crippen molar-refractivity contribution in [3.05, 3.63) is 114 Å². The van der Waals surface area contributed by atoms with E-state index in [4.69, 9.17) is 4.74 Å². The molecule has 1 N–H and O–H groups in total. The van der Waals surface area contributed by atoms with E-state index in [-0.39, 0.29) is 11.4 Å². The largest absolute Gasteiger partial charge is 0.456 e. The van der Waals surface area contributed by atoms with Crippen molar-refractivity contribution in [2.75, 3.05) is 11.9 Å². The molecule has 0 spiro atoms. The summed E-state index contributed by atoms with van der Waals surface area (Å²) in [7, 11) is -3.80. The first kappa shape index (κ1) is 24.1. The van der Waals surface area contributed by atoms with Gasteiger partial charge in [-0.25, -0.2) is 13.4 Å². The quantitative estimate of drug-likeness (QED) is 0.285. The smallest absolute Gasteiger partial charge is 0.247 e. The predicted octanol–water partition coefficient (Wildman–Crippen LogP) is 6.22. The molecule has 0 radical (unpaired) electrons. The lowest BCUT2D eigenvalue weighted by atomic mass is 10.0. The van der Waals surface area contributed by atoms with Crippen LogP contribution >= 0.6 is 0 Å². The van der Waals surface area contributed by atoms with E-state index in [0.29, 0.717) is 24.5 Å². The number of fused-ring (bicyclic) bond motifs is 2. The summed E-state index contributed by atoms with van der Waals surface area (Å²) in [5.41, 5.74) is 4.79. The molecule has 0 atom stereocenters. The van der Waals surface area contributed by atoms with Crippen LogP contribution in [0.4, 0.5) is 11.5 Å². The van der Waals surface area contributed by atoms with Gasteiger partial charge in [-0.3, -0.25) is 4.98 Å². The summed E-state index contributed by atoms with van der Waals surface area (Å²) in [6.45, 7) is 2.58. The van der Waals surface area contributed by atoms with E-state index in [9.17, 15) is 8.42 Å². The third-order valence-corrected chi connectivity index (χ3v) is 8.56. The third kappa shape index (κ3) is 4.71. The lowest BCUT2D eigenvalue weighted by Crippen LogP contribution is -2.36.